The number of nitrogens with one attached hydrogen (secondary N) is 1. The van der Waals surface area contributed by atoms with E-state index >= 15 is 0 Å². The Hall–Kier alpha value is -1.71. The summed E-state index contributed by atoms with van der Waals surface area (Å²) in [4.78, 5) is 13.1. The lowest BCUT2D eigenvalue weighted by Crippen LogP contribution is -2.28. The van der Waals surface area contributed by atoms with Crippen molar-refractivity contribution in [3.8, 4) is 5.75 Å². The molecule has 0 bridgehead atoms. The predicted octanol–water partition coefficient (Wildman–Crippen LogP) is 2.37. The first-order valence-corrected chi connectivity index (χ1v) is 6.31. The number of unbranched alkanes of at least 4 members (excludes halogenated alkanes) is 1. The van der Waals surface area contributed by atoms with E-state index in [0.29, 0.717) is 6.61 Å². The van der Waals surface area contributed by atoms with E-state index in [1.54, 1.807) is 19.0 Å². The van der Waals surface area contributed by atoms with E-state index < -0.39 is 0 Å². The van der Waals surface area contributed by atoms with Crippen molar-refractivity contribution in [1.82, 2.24) is 4.90 Å². The average Bonchev–Trinajstić information content (AvgIpc) is 2.37. The van der Waals surface area contributed by atoms with Crippen LogP contribution in [0.15, 0.2) is 24.3 Å². The number of likely N-dealkylation sites (N-methyl/N-ethyl adjacent to an activating group) is 1. The van der Waals surface area contributed by atoms with Crippen LogP contribution in [0.1, 0.15) is 19.8 Å². The number of nitrogens with zero attached hydrogens (tertiary/aromatic N) is 1. The highest BCUT2D eigenvalue weighted by Crippen LogP contribution is 2.23. The Morgan fingerprint density at radius 3 is 2.72 bits per heavy atom. The van der Waals surface area contributed by atoms with E-state index in [9.17, 15) is 4.79 Å². The highest BCUT2D eigenvalue weighted by atomic mass is 16.5. The molecular formula is C14H22N2O2. The number of benzene rings is 1. The van der Waals surface area contributed by atoms with Gasteiger partial charge in [-0.25, -0.2) is 0 Å². The Balaban J connectivity index is 2.56. The zero-order valence-electron chi connectivity index (χ0n) is 11.4. The van der Waals surface area contributed by atoms with Gasteiger partial charge in [0.05, 0.1) is 18.8 Å². The van der Waals surface area contributed by atoms with Gasteiger partial charge in [0, 0.05) is 14.1 Å². The van der Waals surface area contributed by atoms with Gasteiger partial charge in [0.25, 0.3) is 0 Å². The first-order valence-electron chi connectivity index (χ1n) is 6.31. The van der Waals surface area contributed by atoms with Gasteiger partial charge in [0.15, 0.2) is 0 Å². The molecule has 0 aliphatic heterocycles. The molecule has 0 saturated carbocycles. The number of amides is 1. The topological polar surface area (TPSA) is 41.6 Å². The van der Waals surface area contributed by atoms with Crippen molar-refractivity contribution in [2.75, 3.05) is 32.6 Å². The highest BCUT2D eigenvalue weighted by Gasteiger charge is 2.06. The molecule has 0 saturated heterocycles. The standard InChI is InChI=1S/C14H22N2O2/c1-4-5-10-18-13-9-7-6-8-12(13)15-11-14(17)16(2)3/h6-9,15H,4-5,10-11H2,1-3H3. The van der Waals surface area contributed by atoms with Crippen LogP contribution in [-0.2, 0) is 4.79 Å². The molecule has 1 aromatic rings. The van der Waals surface area contributed by atoms with Gasteiger partial charge in [0.2, 0.25) is 5.91 Å². The summed E-state index contributed by atoms with van der Waals surface area (Å²) in [7, 11) is 3.49. The molecule has 4 heteroatoms. The van der Waals surface area contributed by atoms with Gasteiger partial charge < -0.3 is 15.0 Å². The second-order valence-electron chi connectivity index (χ2n) is 4.34. The van der Waals surface area contributed by atoms with Gasteiger partial charge in [-0.3, -0.25) is 4.79 Å². The molecule has 0 aliphatic rings. The second-order valence-corrected chi connectivity index (χ2v) is 4.34. The maximum Gasteiger partial charge on any atom is 0.241 e. The largest absolute Gasteiger partial charge is 0.491 e. The molecule has 0 radical (unpaired) electrons. The smallest absolute Gasteiger partial charge is 0.241 e. The Labute approximate surface area is 109 Å². The molecule has 0 unspecified atom stereocenters. The van der Waals surface area contributed by atoms with Crippen molar-refractivity contribution >= 4 is 11.6 Å². The van der Waals surface area contributed by atoms with Crippen LogP contribution in [0.5, 0.6) is 5.75 Å². The number of ether oxygens (including phenoxy) is 1. The third-order valence-corrected chi connectivity index (χ3v) is 2.57. The summed E-state index contributed by atoms with van der Waals surface area (Å²) in [5.74, 6) is 0.843. The van der Waals surface area contributed by atoms with Crippen LogP contribution < -0.4 is 10.1 Å². The van der Waals surface area contributed by atoms with E-state index in [-0.39, 0.29) is 12.5 Å². The van der Waals surface area contributed by atoms with Crippen molar-refractivity contribution in [1.29, 1.82) is 0 Å². The van der Waals surface area contributed by atoms with Gasteiger partial charge >= 0.3 is 0 Å². The van der Waals surface area contributed by atoms with Crippen molar-refractivity contribution in [3.63, 3.8) is 0 Å². The molecule has 1 N–H and O–H groups in total. The molecule has 0 aliphatic carbocycles. The summed E-state index contributed by atoms with van der Waals surface area (Å²) in [6.45, 7) is 3.11. The molecule has 0 aromatic heterocycles. The molecule has 0 spiro atoms. The van der Waals surface area contributed by atoms with E-state index in [2.05, 4.69) is 12.2 Å². The molecule has 100 valence electrons. The van der Waals surface area contributed by atoms with Gasteiger partial charge in [-0.15, -0.1) is 0 Å². The maximum atomic E-state index is 11.5. The van der Waals surface area contributed by atoms with Gasteiger partial charge in [-0.2, -0.15) is 0 Å². The lowest BCUT2D eigenvalue weighted by atomic mass is 10.3. The third kappa shape index (κ3) is 4.65. The fraction of sp³-hybridized carbons (Fsp3) is 0.500. The fourth-order valence-electron chi connectivity index (χ4n) is 1.39. The van der Waals surface area contributed by atoms with Gasteiger partial charge in [-0.05, 0) is 18.6 Å². The third-order valence-electron chi connectivity index (χ3n) is 2.57. The minimum atomic E-state index is 0.0401. The van der Waals surface area contributed by atoms with E-state index in [1.807, 2.05) is 24.3 Å². The van der Waals surface area contributed by atoms with Crippen molar-refractivity contribution in [2.24, 2.45) is 0 Å². The van der Waals surface area contributed by atoms with Crippen molar-refractivity contribution in [2.45, 2.75) is 19.8 Å². The molecule has 0 atom stereocenters. The molecule has 1 amide bonds. The molecule has 1 aromatic carbocycles. The molecular weight excluding hydrogens is 228 g/mol. The van der Waals surface area contributed by atoms with Gasteiger partial charge in [-0.1, -0.05) is 25.5 Å². The summed E-state index contributed by atoms with van der Waals surface area (Å²) in [6.07, 6.45) is 2.14. The van der Waals surface area contributed by atoms with Gasteiger partial charge in [0.1, 0.15) is 5.75 Å². The van der Waals surface area contributed by atoms with E-state index in [1.165, 1.54) is 0 Å². The van der Waals surface area contributed by atoms with E-state index in [0.717, 1.165) is 24.3 Å². The fourth-order valence-corrected chi connectivity index (χ4v) is 1.39. The first kappa shape index (κ1) is 14.4. The second kappa shape index (κ2) is 7.58. The molecule has 4 nitrogen and oxygen atoms in total. The summed E-state index contributed by atoms with van der Waals surface area (Å²) < 4.78 is 5.68. The number of para-hydroxylation sites is 2. The monoisotopic (exact) mass is 250 g/mol. The quantitative estimate of drug-likeness (QED) is 0.755. The number of rotatable bonds is 7. The van der Waals surface area contributed by atoms with Crippen LogP contribution in [0.4, 0.5) is 5.69 Å². The Morgan fingerprint density at radius 1 is 1.33 bits per heavy atom. The molecule has 18 heavy (non-hydrogen) atoms. The van der Waals surface area contributed by atoms with Crippen LogP contribution in [0.2, 0.25) is 0 Å². The number of anilines is 1. The maximum absolute atomic E-state index is 11.5. The SMILES string of the molecule is CCCCOc1ccccc1NCC(=O)N(C)C. The van der Waals surface area contributed by atoms with E-state index in [4.69, 9.17) is 4.74 Å². The zero-order valence-corrected chi connectivity index (χ0v) is 11.4. The summed E-state index contributed by atoms with van der Waals surface area (Å²) in [5.41, 5.74) is 0.865. The summed E-state index contributed by atoms with van der Waals surface area (Å²) >= 11 is 0. The first-order chi connectivity index (χ1) is 8.65. The zero-order chi connectivity index (χ0) is 13.4. The van der Waals surface area contributed by atoms with Crippen LogP contribution in [0.25, 0.3) is 0 Å². The van der Waals surface area contributed by atoms with Crippen LogP contribution in [0.3, 0.4) is 0 Å². The average molecular weight is 250 g/mol. The number of hydrogen-bond donors (Lipinski definition) is 1. The Morgan fingerprint density at radius 2 is 2.06 bits per heavy atom. The molecule has 1 rings (SSSR count). The summed E-state index contributed by atoms with van der Waals surface area (Å²) in [5, 5.41) is 3.11. The minimum Gasteiger partial charge on any atom is -0.491 e. The van der Waals surface area contributed by atoms with Crippen LogP contribution in [0, 0.1) is 0 Å². The highest BCUT2D eigenvalue weighted by molar-refractivity contribution is 5.80. The molecule has 0 fully saturated rings. The number of carbonyl (C=O) groups excluding carboxylic acids is 1. The van der Waals surface area contributed by atoms with Crippen LogP contribution >= 0.6 is 0 Å². The van der Waals surface area contributed by atoms with Crippen molar-refractivity contribution < 1.29 is 9.53 Å². The molecule has 0 heterocycles. The predicted molar refractivity (Wildman–Crippen MR) is 74.0 cm³/mol. The number of hydrogen-bond acceptors (Lipinski definition) is 3. The summed E-state index contributed by atoms with van der Waals surface area (Å²) in [6, 6.07) is 7.69. The lowest BCUT2D eigenvalue weighted by Gasteiger charge is -2.15. The number of carbonyl (C=O) groups is 1. The van der Waals surface area contributed by atoms with Crippen LogP contribution in [-0.4, -0.2) is 38.1 Å². The Bertz CT molecular complexity index is 378. The lowest BCUT2D eigenvalue weighted by molar-refractivity contribution is -0.126. The minimum absolute atomic E-state index is 0.0401. The Kier molecular flexibility index (Phi) is 6.05. The normalized spacial score (nSPS) is 9.94. The van der Waals surface area contributed by atoms with Crippen molar-refractivity contribution in [3.05, 3.63) is 24.3 Å².